The maximum atomic E-state index is 2.47. The first-order chi connectivity index (χ1) is 10.3. The van der Waals surface area contributed by atoms with E-state index in [1.165, 1.54) is 46.7 Å². The molecule has 0 unspecified atom stereocenters. The van der Waals surface area contributed by atoms with Crippen LogP contribution in [0.3, 0.4) is 0 Å². The van der Waals surface area contributed by atoms with Crippen molar-refractivity contribution < 1.29 is 0 Å². The molecule has 0 fully saturated rings. The minimum Gasteiger partial charge on any atom is -0.344 e. The van der Waals surface area contributed by atoms with Gasteiger partial charge in [-0.05, 0) is 66.4 Å². The molecule has 0 spiro atoms. The lowest BCUT2D eigenvalue weighted by molar-refractivity contribution is 1.75. The Balaban J connectivity index is 0.00000125. The summed E-state index contributed by atoms with van der Waals surface area (Å²) in [5, 5.41) is 10.9. The molecule has 0 aromatic heterocycles. The van der Waals surface area contributed by atoms with Gasteiger partial charge in [-0.1, -0.05) is 60.7 Å². The zero-order chi connectivity index (χ0) is 14.0. The van der Waals surface area contributed by atoms with E-state index < -0.39 is 0 Å². The average molecular weight is 395 g/mol. The van der Waals surface area contributed by atoms with Crippen LogP contribution in [0, 0.1) is 3.57 Å². The zero-order valence-corrected chi connectivity index (χ0v) is 14.1. The lowest BCUT2D eigenvalue weighted by atomic mass is 9.90. The highest BCUT2D eigenvalue weighted by atomic mass is 127. The van der Waals surface area contributed by atoms with Crippen molar-refractivity contribution in [2.45, 2.75) is 0 Å². The molecule has 0 saturated carbocycles. The highest BCUT2D eigenvalue weighted by Crippen LogP contribution is 2.41. The van der Waals surface area contributed by atoms with E-state index in [4.69, 9.17) is 0 Å². The summed E-state index contributed by atoms with van der Waals surface area (Å²) in [6.07, 6.45) is 0. The Morgan fingerprint density at radius 3 is 1.73 bits per heavy atom. The molecule has 106 valence electrons. The molecular weight excluding hydrogens is 381 g/mol. The normalized spacial score (nSPS) is 11.5. The van der Waals surface area contributed by atoms with Crippen LogP contribution in [0.1, 0.15) is 0 Å². The maximum absolute atomic E-state index is 2.47. The molecule has 0 saturated heterocycles. The molecule has 0 heterocycles. The van der Waals surface area contributed by atoms with Crippen LogP contribution >= 0.6 is 22.6 Å². The molecule has 0 bridgehead atoms. The Labute approximate surface area is 142 Å². The quantitative estimate of drug-likeness (QED) is 0.181. The Morgan fingerprint density at radius 1 is 0.500 bits per heavy atom. The third kappa shape index (κ3) is 1.62. The van der Waals surface area contributed by atoms with Gasteiger partial charge in [0.2, 0.25) is 0 Å². The molecule has 0 amide bonds. The molecule has 0 atom stereocenters. The van der Waals surface area contributed by atoms with Gasteiger partial charge in [0.1, 0.15) is 0 Å². The van der Waals surface area contributed by atoms with Gasteiger partial charge in [-0.2, -0.15) is 0 Å². The first-order valence-corrected chi connectivity index (χ1v) is 8.16. The fraction of sp³-hybridized carbons (Fsp3) is 0. The highest BCUT2D eigenvalue weighted by molar-refractivity contribution is 14.1. The van der Waals surface area contributed by atoms with Crippen LogP contribution in [0.25, 0.3) is 43.1 Å². The van der Waals surface area contributed by atoms with E-state index in [0.29, 0.717) is 0 Å². The molecule has 0 radical (unpaired) electrons. The smallest absolute Gasteiger partial charge is 0.0215 e. The van der Waals surface area contributed by atoms with Crippen LogP contribution in [-0.2, 0) is 0 Å². The van der Waals surface area contributed by atoms with E-state index in [-0.39, 0.29) is 6.15 Å². The molecule has 0 aliphatic carbocycles. The molecule has 0 aliphatic heterocycles. The molecule has 0 aliphatic rings. The van der Waals surface area contributed by atoms with Gasteiger partial charge >= 0.3 is 0 Å². The van der Waals surface area contributed by atoms with Crippen molar-refractivity contribution in [1.82, 2.24) is 6.15 Å². The van der Waals surface area contributed by atoms with Crippen LogP contribution < -0.4 is 6.15 Å². The predicted molar refractivity (Wildman–Crippen MR) is 105 cm³/mol. The number of fused-ring (bicyclic) bond motifs is 2. The zero-order valence-electron chi connectivity index (χ0n) is 11.9. The van der Waals surface area contributed by atoms with Crippen molar-refractivity contribution >= 4 is 65.7 Å². The van der Waals surface area contributed by atoms with E-state index in [9.17, 15) is 0 Å². The molecule has 22 heavy (non-hydrogen) atoms. The molecule has 5 aromatic rings. The summed E-state index contributed by atoms with van der Waals surface area (Å²) in [5.41, 5.74) is 0. The molecule has 5 rings (SSSR count). The third-order valence-corrected chi connectivity index (χ3v) is 5.36. The monoisotopic (exact) mass is 395 g/mol. The molecular formula is C20H14IN. The first kappa shape index (κ1) is 13.7. The summed E-state index contributed by atoms with van der Waals surface area (Å²) < 4.78 is 1.33. The SMILES string of the molecule is Ic1ccc2cccc3c4cccc5cccc(c1c23)c54.N. The van der Waals surface area contributed by atoms with Crippen LogP contribution in [0.15, 0.2) is 66.7 Å². The standard InChI is InChI=1S/C20H11I.H3N/c21-17-11-10-13-6-2-8-15-14-7-1-4-12-5-3-9-16(18(12)14)20(17)19(13)15;/h1-11H;1H3. The lowest BCUT2D eigenvalue weighted by Gasteiger charge is -2.15. The van der Waals surface area contributed by atoms with Crippen molar-refractivity contribution in [3.8, 4) is 0 Å². The number of rotatable bonds is 0. The van der Waals surface area contributed by atoms with Gasteiger partial charge in [-0.25, -0.2) is 0 Å². The van der Waals surface area contributed by atoms with Crippen LogP contribution in [-0.4, -0.2) is 0 Å². The Morgan fingerprint density at radius 2 is 1.05 bits per heavy atom. The molecule has 3 N–H and O–H groups in total. The Kier molecular flexibility index (Phi) is 2.99. The van der Waals surface area contributed by atoms with Crippen molar-refractivity contribution in [2.24, 2.45) is 0 Å². The fourth-order valence-corrected chi connectivity index (χ4v) is 4.36. The summed E-state index contributed by atoms with van der Waals surface area (Å²) in [6.45, 7) is 0. The predicted octanol–water partition coefficient (Wildman–Crippen LogP) is 6.50. The Bertz CT molecular complexity index is 1140. The summed E-state index contributed by atoms with van der Waals surface area (Å²) >= 11 is 2.47. The van der Waals surface area contributed by atoms with E-state index >= 15 is 0 Å². The van der Waals surface area contributed by atoms with Gasteiger partial charge in [-0.3, -0.25) is 0 Å². The average Bonchev–Trinajstić information content (AvgIpc) is 2.53. The second-order valence-corrected chi connectivity index (χ2v) is 6.70. The largest absolute Gasteiger partial charge is 0.344 e. The van der Waals surface area contributed by atoms with Crippen LogP contribution in [0.2, 0.25) is 0 Å². The van der Waals surface area contributed by atoms with Crippen LogP contribution in [0.5, 0.6) is 0 Å². The number of hydrogen-bond acceptors (Lipinski definition) is 1. The second kappa shape index (κ2) is 4.80. The summed E-state index contributed by atoms with van der Waals surface area (Å²) in [6, 6.07) is 24.4. The number of hydrogen-bond donors (Lipinski definition) is 1. The van der Waals surface area contributed by atoms with Crippen molar-refractivity contribution in [1.29, 1.82) is 0 Å². The van der Waals surface area contributed by atoms with E-state index in [0.717, 1.165) is 0 Å². The van der Waals surface area contributed by atoms with Gasteiger partial charge in [0.15, 0.2) is 0 Å². The van der Waals surface area contributed by atoms with Gasteiger partial charge in [0, 0.05) is 8.96 Å². The van der Waals surface area contributed by atoms with Crippen LogP contribution in [0.4, 0.5) is 0 Å². The molecule has 2 heteroatoms. The van der Waals surface area contributed by atoms with Crippen molar-refractivity contribution in [3.05, 3.63) is 70.3 Å². The maximum Gasteiger partial charge on any atom is 0.0215 e. The fourth-order valence-electron chi connectivity index (χ4n) is 3.62. The second-order valence-electron chi connectivity index (χ2n) is 5.54. The van der Waals surface area contributed by atoms with Gasteiger partial charge in [-0.15, -0.1) is 0 Å². The topological polar surface area (TPSA) is 35.0 Å². The third-order valence-electron chi connectivity index (χ3n) is 4.46. The first-order valence-electron chi connectivity index (χ1n) is 7.08. The van der Waals surface area contributed by atoms with Gasteiger partial charge < -0.3 is 6.15 Å². The minimum absolute atomic E-state index is 0. The van der Waals surface area contributed by atoms with Gasteiger partial charge in [0.05, 0.1) is 0 Å². The summed E-state index contributed by atoms with van der Waals surface area (Å²) in [4.78, 5) is 0. The summed E-state index contributed by atoms with van der Waals surface area (Å²) in [7, 11) is 0. The lowest BCUT2D eigenvalue weighted by Crippen LogP contribution is -1.88. The number of benzene rings is 5. The molecule has 1 nitrogen and oxygen atoms in total. The Hall–Kier alpha value is -1.91. The molecule has 5 aromatic carbocycles. The summed E-state index contributed by atoms with van der Waals surface area (Å²) in [5.74, 6) is 0. The highest BCUT2D eigenvalue weighted by Gasteiger charge is 2.13. The van der Waals surface area contributed by atoms with Crippen molar-refractivity contribution in [2.75, 3.05) is 0 Å². The van der Waals surface area contributed by atoms with E-state index in [2.05, 4.69) is 89.3 Å². The van der Waals surface area contributed by atoms with Gasteiger partial charge in [0.25, 0.3) is 0 Å². The van der Waals surface area contributed by atoms with E-state index in [1.54, 1.807) is 0 Å². The number of halogens is 1. The van der Waals surface area contributed by atoms with E-state index in [1.807, 2.05) is 0 Å². The van der Waals surface area contributed by atoms with Crippen molar-refractivity contribution in [3.63, 3.8) is 0 Å². The minimum atomic E-state index is 0.